The van der Waals surface area contributed by atoms with E-state index in [-0.39, 0.29) is 0 Å². The van der Waals surface area contributed by atoms with Crippen molar-refractivity contribution in [3.63, 3.8) is 0 Å². The lowest BCUT2D eigenvalue weighted by atomic mass is 10.2. The first-order chi connectivity index (χ1) is 54.6. The molecule has 0 aromatic carbocycles. The summed E-state index contributed by atoms with van der Waals surface area (Å²) in [6.07, 6.45) is -341. The van der Waals surface area contributed by atoms with Crippen molar-refractivity contribution in [2.45, 2.75) is 258 Å². The molecule has 0 saturated carbocycles. The average molecular weight is 2110 g/mol. The molecule has 0 aliphatic rings. The van der Waals surface area contributed by atoms with Gasteiger partial charge in [-0.15, -0.1) is 0 Å². The summed E-state index contributed by atoms with van der Waals surface area (Å²) in [5.74, 6) is 0. The molecule has 0 N–H and O–H groups in total. The molecule has 0 aromatic rings. The molecule has 85 heteroatoms. The Kier molecular flexibility index (Phi) is 35.3. The predicted molar refractivity (Wildman–Crippen MR) is 229 cm³/mol. The number of alkyl halides is 71. The van der Waals surface area contributed by atoms with Gasteiger partial charge in [-0.1, -0.05) is 0 Å². The molecule has 770 valence electrons. The fraction of sp³-hybridized carbons (Fsp3) is 1.00. The molecule has 0 heterocycles. The molecule has 0 spiro atoms. The van der Waals surface area contributed by atoms with E-state index in [1.54, 1.807) is 9.47 Å². The van der Waals surface area contributed by atoms with Crippen LogP contribution >= 0.6 is 0 Å². The summed E-state index contributed by atoms with van der Waals surface area (Å²) in [6, 6.07) is 0. The van der Waals surface area contributed by atoms with Gasteiger partial charge >= 0.3 is 172 Å². The van der Waals surface area contributed by atoms with Gasteiger partial charge in [-0.05, 0) is 0 Å². The summed E-state index contributed by atoms with van der Waals surface area (Å²) < 4.78 is 1010. The number of halogens is 71. The molecular weight excluding hydrogens is 2090 g/mol. The zero-order valence-electron chi connectivity index (χ0n) is 55.6. The van der Waals surface area contributed by atoms with Crippen LogP contribution in [0.15, 0.2) is 0 Å². The van der Waals surface area contributed by atoms with E-state index in [4.69, 9.17) is 0 Å². The second-order valence-electron chi connectivity index (χ2n) is 22.5. The van der Waals surface area contributed by atoms with Crippen LogP contribution in [0.2, 0.25) is 0 Å². The topological polar surface area (TPSA) is 129 Å². The SMILES string of the molecule is COC(F)(F)C(OC(F)(F)C(OC(F)(F)C(OC(F)(F)C(OC(F)(F)C(OC(F)(F)C(OC(F)(F)C(OC(F)(F)C(OC(F)(F)C(OC(F)(F)C(OC(F)(F)C(OC(F)(F)C(OC(F)(F)C(OC(F)(F)C(F)C(F)(F)F)C(F)(F)F)C(F)(F)F)C(F)(F)F)C(F)(F)F)C(F)(F)F)C(F)(F)F)C(F)(F)F)C(F)(F)F)C(F)(F)F)C(F)(F)F)C(F)(F)F)C(F)(F)F)C(F)(F)F. The Balaban J connectivity index is 8.30. The first kappa shape index (κ1) is 122. The second-order valence-corrected chi connectivity index (χ2v) is 22.5. The van der Waals surface area contributed by atoms with E-state index in [1.165, 1.54) is 47.4 Å². The maximum Gasteiger partial charge on any atom is 0.428 e. The van der Waals surface area contributed by atoms with E-state index in [0.717, 1.165) is 0 Å². The van der Waals surface area contributed by atoms with E-state index in [9.17, 15) is 277 Å². The van der Waals surface area contributed by atoms with Crippen molar-refractivity contribution in [3.05, 3.63) is 0 Å². The van der Waals surface area contributed by atoms with Gasteiger partial charge in [0.2, 0.25) is 79.4 Å². The number of methoxy groups -OCH3 is 1. The van der Waals surface area contributed by atoms with Crippen molar-refractivity contribution >= 4 is 0 Å². The van der Waals surface area contributed by atoms with E-state index >= 15 is 35.1 Å². The lowest BCUT2D eigenvalue weighted by Crippen LogP contribution is -2.64. The van der Waals surface area contributed by atoms with Crippen LogP contribution in [0, 0.1) is 0 Å². The number of ether oxygens (including phenoxy) is 14. The minimum Gasteiger partial charge on any atom is -0.322 e. The van der Waals surface area contributed by atoms with Gasteiger partial charge in [0.15, 0.2) is 0 Å². The van der Waals surface area contributed by atoms with Gasteiger partial charge in [0.25, 0.3) is 6.17 Å². The van der Waals surface area contributed by atoms with Gasteiger partial charge in [0, 0.05) is 7.11 Å². The Morgan fingerprint density at radius 3 is 0.242 bits per heavy atom. The molecule has 0 fully saturated rings. The van der Waals surface area contributed by atoms with Crippen LogP contribution in [-0.2, 0) is 66.3 Å². The third kappa shape index (κ3) is 32.4. The molecule has 0 aliphatic carbocycles. The third-order valence-electron chi connectivity index (χ3n) is 12.3. The Bertz CT molecular complexity index is 3370. The third-order valence-corrected chi connectivity index (χ3v) is 12.3. The van der Waals surface area contributed by atoms with Gasteiger partial charge < -0.3 is 4.74 Å². The summed E-state index contributed by atoms with van der Waals surface area (Å²) >= 11 is 0. The minimum atomic E-state index is -9.07. The van der Waals surface area contributed by atoms with Crippen LogP contribution in [0.5, 0.6) is 0 Å². The number of hydrogen-bond acceptors (Lipinski definition) is 14. The number of rotatable bonds is 41. The zero-order chi connectivity index (χ0) is 104. The van der Waals surface area contributed by atoms with Gasteiger partial charge in [0.1, 0.15) is 0 Å². The van der Waals surface area contributed by atoms with Crippen molar-refractivity contribution in [1.29, 1.82) is 0 Å². The van der Waals surface area contributed by atoms with Gasteiger partial charge in [0.05, 0.1) is 0 Å². The molecule has 0 radical (unpaired) electrons. The standard InChI is InChI=1S/C43H17F71O14/c1-115-31(89,90)3(17(48,49)50)117-33(93,94)5(19(54,55)56)119-35(97,98)7(21(60,61)62)121-37(101,102)9(23(66,67)68)123-39(105,106)11(25(72,73)74)125-41(109,110)13(27(78,79)80)127-43(113,114)15(29(84,85)86)128-42(111,112)14(28(81,82)83)126-40(107,108)12(26(75,76)77)124-38(103,104)10(24(69,70)71)122-36(99,100)8(22(63,64)65)120-34(95,96)6(20(57,58)59)118-32(91,92)4(18(51,52)53)116-30(87,88)2(44)16(45,46)47/h2-15H,1H3. The lowest BCUT2D eigenvalue weighted by Gasteiger charge is -2.40. The minimum absolute atomic E-state index is 0.764. The molecule has 14 atom stereocenters. The quantitative estimate of drug-likeness (QED) is 0.0538. The maximum atomic E-state index is 15.0. The highest BCUT2D eigenvalue weighted by atomic mass is 19.5. The molecule has 0 bridgehead atoms. The lowest BCUT2D eigenvalue weighted by molar-refractivity contribution is -0.510. The monoisotopic (exact) mass is 2110 g/mol. The van der Waals surface area contributed by atoms with E-state index in [0.29, 0.717) is 0 Å². The molecule has 0 saturated heterocycles. The van der Waals surface area contributed by atoms with E-state index in [2.05, 4.69) is 4.74 Å². The first-order valence-corrected chi connectivity index (χ1v) is 27.9. The Morgan fingerprint density at radius 1 is 0.109 bits per heavy atom. The normalized spacial score (nSPS) is 19.4. The Morgan fingerprint density at radius 2 is 0.180 bits per heavy atom. The largest absolute Gasteiger partial charge is 0.428 e. The Hall–Kier alpha value is -5.53. The fourth-order valence-electron chi connectivity index (χ4n) is 7.38. The van der Waals surface area contributed by atoms with Gasteiger partial charge in [-0.2, -0.15) is 307 Å². The van der Waals surface area contributed by atoms with Gasteiger partial charge in [-0.25, -0.2) is 4.39 Å². The molecular formula is C43H17F71O14. The van der Waals surface area contributed by atoms with E-state index in [1.807, 2.05) is 4.74 Å². The van der Waals surface area contributed by atoms with E-state index < -0.39 is 265 Å². The van der Waals surface area contributed by atoms with Crippen LogP contribution in [0.1, 0.15) is 0 Å². The molecule has 0 amide bonds. The highest BCUT2D eigenvalue weighted by molar-refractivity contribution is 4.97. The zero-order valence-corrected chi connectivity index (χ0v) is 55.6. The summed E-state index contributed by atoms with van der Waals surface area (Å²) in [4.78, 5) is 0. The van der Waals surface area contributed by atoms with Crippen molar-refractivity contribution in [2.24, 2.45) is 0 Å². The summed E-state index contributed by atoms with van der Waals surface area (Å²) in [6.45, 7) is 0. The first-order valence-electron chi connectivity index (χ1n) is 27.9. The summed E-state index contributed by atoms with van der Waals surface area (Å²) in [5.41, 5.74) is 0. The van der Waals surface area contributed by atoms with Crippen molar-refractivity contribution < 1.29 is 378 Å². The molecule has 14 nitrogen and oxygen atoms in total. The molecule has 128 heavy (non-hydrogen) atoms. The molecule has 0 rings (SSSR count). The fourth-order valence-corrected chi connectivity index (χ4v) is 7.38. The van der Waals surface area contributed by atoms with Gasteiger partial charge in [-0.3, -0.25) is 61.6 Å². The maximum absolute atomic E-state index is 15.0. The highest BCUT2D eigenvalue weighted by Crippen LogP contribution is 2.58. The average Bonchev–Trinajstić information content (AvgIpc) is 0.754. The molecule has 0 aliphatic heterocycles. The van der Waals surface area contributed by atoms with Crippen molar-refractivity contribution in [1.82, 2.24) is 0 Å². The van der Waals surface area contributed by atoms with Crippen LogP contribution in [0.25, 0.3) is 0 Å². The molecule has 14 unspecified atom stereocenters. The van der Waals surface area contributed by atoms with Crippen LogP contribution in [-0.4, -0.2) is 265 Å². The predicted octanol–water partition coefficient (Wildman–Crippen LogP) is 22.1. The summed E-state index contributed by atoms with van der Waals surface area (Å²) in [5, 5.41) is 0. The van der Waals surface area contributed by atoms with Crippen molar-refractivity contribution in [3.8, 4) is 0 Å². The highest BCUT2D eigenvalue weighted by Gasteiger charge is 2.81. The Labute approximate surface area is 643 Å². The summed E-state index contributed by atoms with van der Waals surface area (Å²) in [7, 11) is -0.764. The van der Waals surface area contributed by atoms with Crippen LogP contribution < -0.4 is 0 Å². The van der Waals surface area contributed by atoms with Crippen LogP contribution in [0.3, 0.4) is 0 Å². The van der Waals surface area contributed by atoms with Crippen molar-refractivity contribution in [2.75, 3.05) is 7.11 Å². The second kappa shape index (κ2) is 36.9. The molecule has 0 aromatic heterocycles. The number of hydrogen-bond donors (Lipinski definition) is 0. The van der Waals surface area contributed by atoms with Crippen LogP contribution in [0.4, 0.5) is 312 Å². The smallest absolute Gasteiger partial charge is 0.322 e.